The third kappa shape index (κ3) is 3.44. The highest BCUT2D eigenvalue weighted by Crippen LogP contribution is 2.48. The molecule has 6 heteroatoms. The molecule has 2 aliphatic rings. The first-order valence-electron chi connectivity index (χ1n) is 8.94. The molecule has 0 bridgehead atoms. The Morgan fingerprint density at radius 3 is 3.04 bits per heavy atom. The molecule has 1 aromatic carbocycles. The van der Waals surface area contributed by atoms with Gasteiger partial charge >= 0.3 is 0 Å². The van der Waals surface area contributed by atoms with E-state index in [1.54, 1.807) is 6.20 Å². The summed E-state index contributed by atoms with van der Waals surface area (Å²) in [6.45, 7) is 3.01. The van der Waals surface area contributed by atoms with Crippen molar-refractivity contribution in [3.8, 4) is 6.07 Å². The first kappa shape index (κ1) is 16.7. The summed E-state index contributed by atoms with van der Waals surface area (Å²) in [4.78, 5) is 22.6. The maximum absolute atomic E-state index is 12.2. The van der Waals surface area contributed by atoms with Crippen LogP contribution in [0.3, 0.4) is 0 Å². The number of hydrogen-bond acceptors (Lipinski definition) is 5. The summed E-state index contributed by atoms with van der Waals surface area (Å²) < 4.78 is 0. The van der Waals surface area contributed by atoms with E-state index in [9.17, 15) is 4.79 Å². The molecule has 1 saturated heterocycles. The normalized spacial score (nSPS) is 24.8. The molecule has 4 rings (SSSR count). The molecule has 1 aliphatic carbocycles. The number of aromatic nitrogens is 2. The lowest BCUT2D eigenvalue weighted by Crippen LogP contribution is -2.52. The average Bonchev–Trinajstić information content (AvgIpc) is 3.06. The maximum atomic E-state index is 12.2. The van der Waals surface area contributed by atoms with Crippen LogP contribution in [0.5, 0.6) is 0 Å². The fourth-order valence-corrected chi connectivity index (χ4v) is 4.26. The lowest BCUT2D eigenvalue weighted by atomic mass is 9.65. The Labute approximate surface area is 152 Å². The second-order valence-corrected chi connectivity index (χ2v) is 7.44. The molecule has 1 amide bonds. The van der Waals surface area contributed by atoms with E-state index in [1.165, 1.54) is 24.4 Å². The van der Waals surface area contributed by atoms with Crippen molar-refractivity contribution in [3.05, 3.63) is 59.7 Å². The highest BCUT2D eigenvalue weighted by molar-refractivity contribution is 5.92. The van der Waals surface area contributed by atoms with Gasteiger partial charge in [-0.05, 0) is 48.9 Å². The zero-order valence-electron chi connectivity index (χ0n) is 14.6. The lowest BCUT2D eigenvalue weighted by Gasteiger charge is -2.45. The number of rotatable bonds is 4. The van der Waals surface area contributed by atoms with E-state index in [2.05, 4.69) is 32.3 Å². The highest BCUT2D eigenvalue weighted by Gasteiger charge is 2.48. The van der Waals surface area contributed by atoms with Gasteiger partial charge in [0.05, 0.1) is 17.8 Å². The molecule has 1 aromatic heterocycles. The highest BCUT2D eigenvalue weighted by atomic mass is 16.2. The fourth-order valence-electron chi connectivity index (χ4n) is 4.26. The smallest absolute Gasteiger partial charge is 0.271 e. The summed E-state index contributed by atoms with van der Waals surface area (Å²) >= 11 is 0. The molecule has 1 saturated carbocycles. The van der Waals surface area contributed by atoms with Crippen molar-refractivity contribution >= 4 is 5.91 Å². The summed E-state index contributed by atoms with van der Waals surface area (Å²) in [5, 5.41) is 12.1. The molecule has 2 aromatic rings. The second-order valence-electron chi connectivity index (χ2n) is 7.44. The van der Waals surface area contributed by atoms with Gasteiger partial charge in [-0.2, -0.15) is 5.26 Å². The minimum Gasteiger partial charge on any atom is -0.348 e. The van der Waals surface area contributed by atoms with Gasteiger partial charge in [0.25, 0.3) is 5.91 Å². The van der Waals surface area contributed by atoms with Gasteiger partial charge in [0.1, 0.15) is 5.69 Å². The van der Waals surface area contributed by atoms with Crippen LogP contribution in [0.15, 0.2) is 42.9 Å². The van der Waals surface area contributed by atoms with Crippen LogP contribution >= 0.6 is 0 Å². The maximum Gasteiger partial charge on any atom is 0.271 e. The van der Waals surface area contributed by atoms with Crippen LogP contribution in [0.4, 0.5) is 0 Å². The number of nitriles is 1. The molecule has 0 unspecified atom stereocenters. The molecule has 1 N–H and O–H groups in total. The van der Waals surface area contributed by atoms with Crippen LogP contribution in [-0.2, 0) is 6.54 Å². The minimum atomic E-state index is -0.138. The van der Waals surface area contributed by atoms with Crippen molar-refractivity contribution in [2.45, 2.75) is 31.8 Å². The third-order valence-electron chi connectivity index (χ3n) is 5.47. The standard InChI is InChI=1S/C20H21N5O/c21-11-15-2-1-3-16(8-15)13-25-7-4-20(14-25)9-17(10-20)24-19(26)18-12-22-5-6-23-18/h1-3,5-6,8,12,17H,4,7,9-10,13-14H2,(H,24,26). The Kier molecular flexibility index (Phi) is 4.39. The third-order valence-corrected chi connectivity index (χ3v) is 5.47. The Hall–Kier alpha value is -2.78. The molecule has 2 heterocycles. The van der Waals surface area contributed by atoms with Crippen molar-refractivity contribution in [1.29, 1.82) is 5.26 Å². The van der Waals surface area contributed by atoms with Crippen LogP contribution in [0.1, 0.15) is 40.9 Å². The van der Waals surface area contributed by atoms with Crippen molar-refractivity contribution in [2.75, 3.05) is 13.1 Å². The number of amides is 1. The first-order valence-corrected chi connectivity index (χ1v) is 8.94. The van der Waals surface area contributed by atoms with E-state index < -0.39 is 0 Å². The van der Waals surface area contributed by atoms with E-state index >= 15 is 0 Å². The van der Waals surface area contributed by atoms with Crippen LogP contribution < -0.4 is 5.32 Å². The van der Waals surface area contributed by atoms with E-state index in [1.807, 2.05) is 18.2 Å². The number of carbonyl (C=O) groups excluding carboxylic acids is 1. The molecule has 1 spiro atoms. The molecule has 26 heavy (non-hydrogen) atoms. The van der Waals surface area contributed by atoms with Gasteiger partial charge in [-0.3, -0.25) is 14.7 Å². The second kappa shape index (κ2) is 6.85. The molecule has 0 atom stereocenters. The summed E-state index contributed by atoms with van der Waals surface area (Å²) in [7, 11) is 0. The number of nitrogens with zero attached hydrogens (tertiary/aromatic N) is 4. The summed E-state index contributed by atoms with van der Waals surface area (Å²) in [6.07, 6.45) is 7.81. The minimum absolute atomic E-state index is 0.138. The number of carbonyl (C=O) groups is 1. The molecule has 6 nitrogen and oxygen atoms in total. The topological polar surface area (TPSA) is 81.9 Å². The summed E-state index contributed by atoms with van der Waals surface area (Å²) in [5.41, 5.74) is 2.60. The number of benzene rings is 1. The van der Waals surface area contributed by atoms with Gasteiger partial charge in [-0.1, -0.05) is 12.1 Å². The Morgan fingerprint density at radius 1 is 1.38 bits per heavy atom. The molecule has 0 radical (unpaired) electrons. The fraction of sp³-hybridized carbons (Fsp3) is 0.400. The lowest BCUT2D eigenvalue weighted by molar-refractivity contribution is 0.0690. The molecular formula is C20H21N5O. The molecule has 1 aliphatic heterocycles. The van der Waals surface area contributed by atoms with E-state index in [4.69, 9.17) is 5.26 Å². The van der Waals surface area contributed by atoms with E-state index in [0.29, 0.717) is 16.7 Å². The van der Waals surface area contributed by atoms with Crippen molar-refractivity contribution in [3.63, 3.8) is 0 Å². The van der Waals surface area contributed by atoms with Crippen LogP contribution in [0.2, 0.25) is 0 Å². The zero-order chi connectivity index (χ0) is 18.0. The number of hydrogen-bond donors (Lipinski definition) is 1. The Balaban J connectivity index is 1.28. The monoisotopic (exact) mass is 347 g/mol. The van der Waals surface area contributed by atoms with Crippen molar-refractivity contribution < 1.29 is 4.79 Å². The predicted octanol–water partition coefficient (Wildman–Crippen LogP) is 2.13. The molecular weight excluding hydrogens is 326 g/mol. The Bertz CT molecular complexity index is 839. The van der Waals surface area contributed by atoms with Gasteiger partial charge < -0.3 is 5.32 Å². The number of likely N-dealkylation sites (tertiary alicyclic amines) is 1. The quantitative estimate of drug-likeness (QED) is 0.916. The first-order chi connectivity index (χ1) is 12.7. The largest absolute Gasteiger partial charge is 0.348 e. The van der Waals surface area contributed by atoms with Gasteiger partial charge in [-0.15, -0.1) is 0 Å². The Morgan fingerprint density at radius 2 is 2.27 bits per heavy atom. The SMILES string of the molecule is N#Cc1cccc(CN2CCC3(CC(NC(=O)c4cnccn4)C3)C2)c1. The predicted molar refractivity (Wildman–Crippen MR) is 96.0 cm³/mol. The van der Waals surface area contributed by atoms with Gasteiger partial charge in [-0.25, -0.2) is 4.98 Å². The van der Waals surface area contributed by atoms with E-state index in [0.717, 1.165) is 32.5 Å². The number of nitrogens with one attached hydrogen (secondary N) is 1. The summed E-state index contributed by atoms with van der Waals surface area (Å²) in [5.74, 6) is -0.138. The van der Waals surface area contributed by atoms with Gasteiger partial charge in [0.15, 0.2) is 0 Å². The van der Waals surface area contributed by atoms with Crippen molar-refractivity contribution in [2.24, 2.45) is 5.41 Å². The van der Waals surface area contributed by atoms with Crippen molar-refractivity contribution in [1.82, 2.24) is 20.2 Å². The molecule has 132 valence electrons. The van der Waals surface area contributed by atoms with Crippen LogP contribution in [0.25, 0.3) is 0 Å². The van der Waals surface area contributed by atoms with Crippen LogP contribution in [0, 0.1) is 16.7 Å². The molecule has 2 fully saturated rings. The van der Waals surface area contributed by atoms with Gasteiger partial charge in [0.2, 0.25) is 0 Å². The van der Waals surface area contributed by atoms with E-state index in [-0.39, 0.29) is 11.9 Å². The van der Waals surface area contributed by atoms with Gasteiger partial charge in [0, 0.05) is 31.5 Å². The van der Waals surface area contributed by atoms with Crippen LogP contribution in [-0.4, -0.2) is 39.9 Å². The summed E-state index contributed by atoms with van der Waals surface area (Å²) in [6, 6.07) is 10.3. The average molecular weight is 347 g/mol. The zero-order valence-corrected chi connectivity index (χ0v) is 14.6.